The van der Waals surface area contributed by atoms with Crippen LogP contribution in [0.5, 0.6) is 0 Å². The lowest BCUT2D eigenvalue weighted by Crippen LogP contribution is -2.10. The molecular weight excluding hydrogens is 172 g/mol. The standard InChI is InChI=1S/C12H16N2/c13-7-9-2-1-3-11-5-10(4-9)6-12(11)8-14/h9-12H,1-6H2. The fourth-order valence-electron chi connectivity index (χ4n) is 3.17. The van der Waals surface area contributed by atoms with Gasteiger partial charge >= 0.3 is 0 Å². The normalized spacial score (nSPS) is 41.9. The first-order chi connectivity index (χ1) is 6.83. The molecule has 0 aromatic heterocycles. The summed E-state index contributed by atoms with van der Waals surface area (Å²) in [5.41, 5.74) is 0. The Bertz CT molecular complexity index is 284. The molecule has 0 radical (unpaired) electrons. The Kier molecular flexibility index (Phi) is 2.73. The first kappa shape index (κ1) is 9.53. The second kappa shape index (κ2) is 4.01. The van der Waals surface area contributed by atoms with Crippen molar-refractivity contribution in [2.45, 2.75) is 38.5 Å². The van der Waals surface area contributed by atoms with Crippen molar-refractivity contribution < 1.29 is 0 Å². The molecule has 14 heavy (non-hydrogen) atoms. The molecule has 2 heteroatoms. The van der Waals surface area contributed by atoms with Crippen LogP contribution in [-0.2, 0) is 0 Å². The third-order valence-electron chi connectivity index (χ3n) is 3.89. The van der Waals surface area contributed by atoms with Crippen LogP contribution in [0.1, 0.15) is 38.5 Å². The molecule has 0 spiro atoms. The third kappa shape index (κ3) is 1.75. The summed E-state index contributed by atoms with van der Waals surface area (Å²) in [6, 6.07) is 4.85. The maximum atomic E-state index is 9.00. The zero-order valence-corrected chi connectivity index (χ0v) is 8.45. The van der Waals surface area contributed by atoms with E-state index in [0.717, 1.165) is 25.7 Å². The van der Waals surface area contributed by atoms with E-state index in [1.807, 2.05) is 0 Å². The Morgan fingerprint density at radius 3 is 2.50 bits per heavy atom. The van der Waals surface area contributed by atoms with Gasteiger partial charge in [0.25, 0.3) is 0 Å². The largest absolute Gasteiger partial charge is 0.198 e. The quantitative estimate of drug-likeness (QED) is 0.586. The molecular formula is C12H16N2. The van der Waals surface area contributed by atoms with Gasteiger partial charge in [-0.25, -0.2) is 0 Å². The van der Waals surface area contributed by atoms with Gasteiger partial charge in [-0.1, -0.05) is 6.42 Å². The zero-order chi connectivity index (χ0) is 9.97. The number of fused-ring (bicyclic) bond motifs is 2. The van der Waals surface area contributed by atoms with Crippen molar-refractivity contribution in [2.24, 2.45) is 23.7 Å². The molecule has 0 heterocycles. The predicted octanol–water partition coefficient (Wildman–Crippen LogP) is 2.87. The Morgan fingerprint density at radius 1 is 0.929 bits per heavy atom. The van der Waals surface area contributed by atoms with Gasteiger partial charge in [0.05, 0.1) is 12.1 Å². The van der Waals surface area contributed by atoms with Gasteiger partial charge in [-0.15, -0.1) is 0 Å². The van der Waals surface area contributed by atoms with Gasteiger partial charge < -0.3 is 0 Å². The molecule has 0 aliphatic heterocycles. The molecule has 2 rings (SSSR count). The predicted molar refractivity (Wildman–Crippen MR) is 52.9 cm³/mol. The zero-order valence-electron chi connectivity index (χ0n) is 8.45. The molecule has 4 atom stereocenters. The van der Waals surface area contributed by atoms with E-state index in [-0.39, 0.29) is 11.8 Å². The number of rotatable bonds is 0. The molecule has 0 aromatic carbocycles. The van der Waals surface area contributed by atoms with E-state index in [9.17, 15) is 0 Å². The Balaban J connectivity index is 2.05. The van der Waals surface area contributed by atoms with E-state index < -0.39 is 0 Å². The van der Waals surface area contributed by atoms with Gasteiger partial charge in [0.1, 0.15) is 0 Å². The van der Waals surface area contributed by atoms with Crippen LogP contribution in [0.25, 0.3) is 0 Å². The van der Waals surface area contributed by atoms with Crippen molar-refractivity contribution in [1.82, 2.24) is 0 Å². The van der Waals surface area contributed by atoms with Gasteiger partial charge in [-0.3, -0.25) is 0 Å². The summed E-state index contributed by atoms with van der Waals surface area (Å²) in [5.74, 6) is 1.86. The van der Waals surface area contributed by atoms with Gasteiger partial charge in [-0.2, -0.15) is 10.5 Å². The van der Waals surface area contributed by atoms with Crippen molar-refractivity contribution in [2.75, 3.05) is 0 Å². The highest BCUT2D eigenvalue weighted by Gasteiger charge is 2.36. The number of hydrogen-bond acceptors (Lipinski definition) is 2. The first-order valence-electron chi connectivity index (χ1n) is 5.62. The molecule has 74 valence electrons. The SMILES string of the molecule is N#CC1CCCC2CC(C1)CC2C#N. The Labute approximate surface area is 85.5 Å². The van der Waals surface area contributed by atoms with Crippen LogP contribution in [-0.4, -0.2) is 0 Å². The smallest absolute Gasteiger partial charge is 0.0658 e. The van der Waals surface area contributed by atoms with Crippen LogP contribution in [0.3, 0.4) is 0 Å². The molecule has 2 aliphatic carbocycles. The average Bonchev–Trinajstić information content (AvgIpc) is 2.57. The summed E-state index contributed by atoms with van der Waals surface area (Å²) >= 11 is 0. The summed E-state index contributed by atoms with van der Waals surface area (Å²) in [6.07, 6.45) is 6.68. The number of nitriles is 2. The van der Waals surface area contributed by atoms with Gasteiger partial charge in [0, 0.05) is 11.8 Å². The lowest BCUT2D eigenvalue weighted by Gasteiger charge is -2.19. The molecule has 0 aromatic rings. The van der Waals surface area contributed by atoms with E-state index in [2.05, 4.69) is 12.1 Å². The van der Waals surface area contributed by atoms with E-state index in [0.29, 0.717) is 11.8 Å². The van der Waals surface area contributed by atoms with E-state index in [4.69, 9.17) is 10.5 Å². The summed E-state index contributed by atoms with van der Waals surface area (Å²) in [7, 11) is 0. The van der Waals surface area contributed by atoms with E-state index in [1.165, 1.54) is 12.8 Å². The van der Waals surface area contributed by atoms with Gasteiger partial charge in [0.2, 0.25) is 0 Å². The van der Waals surface area contributed by atoms with Crippen LogP contribution < -0.4 is 0 Å². The highest BCUT2D eigenvalue weighted by atomic mass is 14.4. The first-order valence-corrected chi connectivity index (χ1v) is 5.62. The Hall–Kier alpha value is -1.02. The highest BCUT2D eigenvalue weighted by Crippen LogP contribution is 2.44. The minimum absolute atomic E-state index is 0.262. The fourth-order valence-corrected chi connectivity index (χ4v) is 3.17. The molecule has 2 aliphatic rings. The molecule has 2 saturated carbocycles. The summed E-state index contributed by atoms with van der Waals surface area (Å²) < 4.78 is 0. The summed E-state index contributed by atoms with van der Waals surface area (Å²) in [6.45, 7) is 0. The van der Waals surface area contributed by atoms with Gasteiger partial charge in [0.15, 0.2) is 0 Å². The van der Waals surface area contributed by atoms with Crippen molar-refractivity contribution in [3.63, 3.8) is 0 Å². The molecule has 2 fully saturated rings. The monoisotopic (exact) mass is 188 g/mol. The van der Waals surface area contributed by atoms with Crippen molar-refractivity contribution in [1.29, 1.82) is 10.5 Å². The number of hydrogen-bond donors (Lipinski definition) is 0. The van der Waals surface area contributed by atoms with Crippen LogP contribution in [0.2, 0.25) is 0 Å². The summed E-state index contributed by atoms with van der Waals surface area (Å²) in [4.78, 5) is 0. The maximum absolute atomic E-state index is 9.00. The van der Waals surface area contributed by atoms with Crippen molar-refractivity contribution >= 4 is 0 Å². The average molecular weight is 188 g/mol. The van der Waals surface area contributed by atoms with E-state index in [1.54, 1.807) is 0 Å². The Morgan fingerprint density at radius 2 is 1.79 bits per heavy atom. The minimum atomic E-state index is 0.262. The molecule has 0 N–H and O–H groups in total. The third-order valence-corrected chi connectivity index (χ3v) is 3.89. The topological polar surface area (TPSA) is 47.6 Å². The lowest BCUT2D eigenvalue weighted by molar-refractivity contribution is 0.338. The fraction of sp³-hybridized carbons (Fsp3) is 0.833. The lowest BCUT2D eigenvalue weighted by atomic mass is 9.85. The van der Waals surface area contributed by atoms with Gasteiger partial charge in [-0.05, 0) is 43.9 Å². The van der Waals surface area contributed by atoms with Crippen LogP contribution >= 0.6 is 0 Å². The molecule has 2 nitrogen and oxygen atoms in total. The molecule has 0 amide bonds. The van der Waals surface area contributed by atoms with Crippen molar-refractivity contribution in [3.8, 4) is 12.1 Å². The summed E-state index contributed by atoms with van der Waals surface area (Å²) in [5, 5.41) is 17.9. The van der Waals surface area contributed by atoms with Crippen LogP contribution in [0.4, 0.5) is 0 Å². The second-order valence-corrected chi connectivity index (χ2v) is 4.83. The molecule has 0 saturated heterocycles. The van der Waals surface area contributed by atoms with Crippen molar-refractivity contribution in [3.05, 3.63) is 0 Å². The second-order valence-electron chi connectivity index (χ2n) is 4.83. The van der Waals surface area contributed by atoms with Crippen LogP contribution in [0.15, 0.2) is 0 Å². The maximum Gasteiger partial charge on any atom is 0.0658 e. The highest BCUT2D eigenvalue weighted by molar-refractivity contribution is 4.99. The van der Waals surface area contributed by atoms with E-state index >= 15 is 0 Å². The molecule has 2 bridgehead atoms. The molecule has 4 unspecified atom stereocenters. The van der Waals surface area contributed by atoms with Crippen LogP contribution in [0, 0.1) is 46.3 Å². The number of nitrogens with zero attached hydrogens (tertiary/aromatic N) is 2. The minimum Gasteiger partial charge on any atom is -0.198 e.